The lowest BCUT2D eigenvalue weighted by atomic mass is 9.83. The highest BCUT2D eigenvalue weighted by molar-refractivity contribution is 4.78. The first-order valence-electron chi connectivity index (χ1n) is 7.12. The van der Waals surface area contributed by atoms with Gasteiger partial charge in [0.2, 0.25) is 0 Å². The van der Waals surface area contributed by atoms with Gasteiger partial charge in [0, 0.05) is 12.6 Å². The second-order valence-corrected chi connectivity index (χ2v) is 5.44. The third-order valence-corrected chi connectivity index (χ3v) is 4.01. The molecule has 0 radical (unpaired) electrons. The van der Waals surface area contributed by atoms with Gasteiger partial charge in [-0.05, 0) is 44.1 Å². The summed E-state index contributed by atoms with van der Waals surface area (Å²) in [5.41, 5.74) is 0. The summed E-state index contributed by atoms with van der Waals surface area (Å²) in [6.07, 6.45) is 9.29. The Balaban J connectivity index is 2.24. The molecule has 1 aliphatic rings. The zero-order chi connectivity index (χ0) is 11.8. The van der Waals surface area contributed by atoms with E-state index in [0.717, 1.165) is 18.9 Å². The topological polar surface area (TPSA) is 32.3 Å². The molecule has 1 fully saturated rings. The standard InChI is InChI=1S/C14H29NO/c1-3-14(13-7-5-4-6-8-13)15-11-12(2)9-10-16/h12-16H,3-11H2,1-2H3. The number of hydrogen-bond acceptors (Lipinski definition) is 2. The molecule has 0 spiro atoms. The van der Waals surface area contributed by atoms with E-state index in [2.05, 4.69) is 19.2 Å². The van der Waals surface area contributed by atoms with Gasteiger partial charge < -0.3 is 10.4 Å². The minimum Gasteiger partial charge on any atom is -0.396 e. The lowest BCUT2D eigenvalue weighted by Gasteiger charge is -2.31. The van der Waals surface area contributed by atoms with Crippen LogP contribution in [0.5, 0.6) is 0 Å². The van der Waals surface area contributed by atoms with Crippen molar-refractivity contribution in [2.45, 2.75) is 64.8 Å². The Labute approximate surface area is 101 Å². The number of aliphatic hydroxyl groups is 1. The minimum absolute atomic E-state index is 0.322. The second-order valence-electron chi connectivity index (χ2n) is 5.44. The van der Waals surface area contributed by atoms with Gasteiger partial charge in [0.05, 0.1) is 0 Å². The van der Waals surface area contributed by atoms with Crippen molar-refractivity contribution < 1.29 is 5.11 Å². The van der Waals surface area contributed by atoms with Crippen molar-refractivity contribution in [3.05, 3.63) is 0 Å². The van der Waals surface area contributed by atoms with Crippen LogP contribution in [0.15, 0.2) is 0 Å². The van der Waals surface area contributed by atoms with Crippen LogP contribution in [0.4, 0.5) is 0 Å². The zero-order valence-electron chi connectivity index (χ0n) is 11.0. The average molecular weight is 227 g/mol. The summed E-state index contributed by atoms with van der Waals surface area (Å²) < 4.78 is 0. The third-order valence-electron chi connectivity index (χ3n) is 4.01. The lowest BCUT2D eigenvalue weighted by molar-refractivity contribution is 0.234. The summed E-state index contributed by atoms with van der Waals surface area (Å²) in [7, 11) is 0. The van der Waals surface area contributed by atoms with Crippen LogP contribution >= 0.6 is 0 Å². The third kappa shape index (κ3) is 4.84. The molecule has 96 valence electrons. The molecule has 2 unspecified atom stereocenters. The predicted molar refractivity (Wildman–Crippen MR) is 69.5 cm³/mol. The summed E-state index contributed by atoms with van der Waals surface area (Å²) in [4.78, 5) is 0. The maximum Gasteiger partial charge on any atom is 0.0434 e. The summed E-state index contributed by atoms with van der Waals surface area (Å²) in [5, 5.41) is 12.6. The molecule has 0 saturated heterocycles. The maximum atomic E-state index is 8.88. The van der Waals surface area contributed by atoms with Crippen molar-refractivity contribution in [1.29, 1.82) is 0 Å². The van der Waals surface area contributed by atoms with Crippen LogP contribution in [-0.4, -0.2) is 24.3 Å². The Morgan fingerprint density at radius 2 is 1.94 bits per heavy atom. The van der Waals surface area contributed by atoms with E-state index in [1.807, 2.05) is 0 Å². The second kappa shape index (κ2) is 8.08. The van der Waals surface area contributed by atoms with Crippen LogP contribution in [0.25, 0.3) is 0 Å². The molecule has 0 amide bonds. The zero-order valence-corrected chi connectivity index (χ0v) is 11.0. The van der Waals surface area contributed by atoms with Gasteiger partial charge in [0.1, 0.15) is 0 Å². The van der Waals surface area contributed by atoms with Crippen LogP contribution in [0.3, 0.4) is 0 Å². The molecule has 2 N–H and O–H groups in total. The molecule has 0 aromatic rings. The number of hydrogen-bond donors (Lipinski definition) is 2. The van der Waals surface area contributed by atoms with E-state index in [-0.39, 0.29) is 0 Å². The quantitative estimate of drug-likeness (QED) is 0.701. The molecule has 0 heterocycles. The molecule has 0 bridgehead atoms. The maximum absolute atomic E-state index is 8.88. The largest absolute Gasteiger partial charge is 0.396 e. The van der Waals surface area contributed by atoms with E-state index < -0.39 is 0 Å². The van der Waals surface area contributed by atoms with Gasteiger partial charge in [-0.3, -0.25) is 0 Å². The number of aliphatic hydroxyl groups excluding tert-OH is 1. The Hall–Kier alpha value is -0.0800. The Morgan fingerprint density at radius 1 is 1.25 bits per heavy atom. The van der Waals surface area contributed by atoms with Gasteiger partial charge in [-0.15, -0.1) is 0 Å². The number of rotatable bonds is 7. The fourth-order valence-corrected chi connectivity index (χ4v) is 2.86. The van der Waals surface area contributed by atoms with E-state index in [0.29, 0.717) is 18.6 Å². The molecular weight excluding hydrogens is 198 g/mol. The first-order valence-corrected chi connectivity index (χ1v) is 7.12. The molecule has 0 aromatic carbocycles. The highest BCUT2D eigenvalue weighted by Gasteiger charge is 2.21. The molecular formula is C14H29NO. The van der Waals surface area contributed by atoms with Gasteiger partial charge >= 0.3 is 0 Å². The van der Waals surface area contributed by atoms with Crippen LogP contribution in [0.1, 0.15) is 58.8 Å². The van der Waals surface area contributed by atoms with Gasteiger partial charge in [-0.25, -0.2) is 0 Å². The minimum atomic E-state index is 0.322. The normalized spacial score (nSPS) is 21.9. The van der Waals surface area contributed by atoms with Gasteiger partial charge in [-0.1, -0.05) is 33.1 Å². The van der Waals surface area contributed by atoms with E-state index in [4.69, 9.17) is 5.11 Å². The summed E-state index contributed by atoms with van der Waals surface area (Å²) in [6, 6.07) is 0.710. The Kier molecular flexibility index (Phi) is 7.06. The first-order chi connectivity index (χ1) is 7.77. The summed E-state index contributed by atoms with van der Waals surface area (Å²) >= 11 is 0. The van der Waals surface area contributed by atoms with Crippen LogP contribution < -0.4 is 5.32 Å². The Morgan fingerprint density at radius 3 is 2.50 bits per heavy atom. The highest BCUT2D eigenvalue weighted by Crippen LogP contribution is 2.27. The van der Waals surface area contributed by atoms with Crippen molar-refractivity contribution in [2.75, 3.05) is 13.2 Å². The molecule has 2 nitrogen and oxygen atoms in total. The van der Waals surface area contributed by atoms with Crippen molar-refractivity contribution in [1.82, 2.24) is 5.32 Å². The molecule has 2 atom stereocenters. The molecule has 16 heavy (non-hydrogen) atoms. The van der Waals surface area contributed by atoms with Crippen molar-refractivity contribution in [3.63, 3.8) is 0 Å². The molecule has 2 heteroatoms. The van der Waals surface area contributed by atoms with E-state index >= 15 is 0 Å². The SMILES string of the molecule is CCC(NCC(C)CCO)C1CCCCC1. The van der Waals surface area contributed by atoms with Crippen LogP contribution in [0.2, 0.25) is 0 Å². The van der Waals surface area contributed by atoms with Crippen LogP contribution in [0, 0.1) is 11.8 Å². The van der Waals surface area contributed by atoms with E-state index in [1.54, 1.807) is 0 Å². The first kappa shape index (κ1) is 14.0. The average Bonchev–Trinajstić information content (AvgIpc) is 2.31. The van der Waals surface area contributed by atoms with E-state index in [9.17, 15) is 0 Å². The fraction of sp³-hybridized carbons (Fsp3) is 1.00. The number of nitrogens with one attached hydrogen (secondary N) is 1. The monoisotopic (exact) mass is 227 g/mol. The Bertz CT molecular complexity index is 166. The van der Waals surface area contributed by atoms with Crippen LogP contribution in [-0.2, 0) is 0 Å². The molecule has 0 aromatic heterocycles. The highest BCUT2D eigenvalue weighted by atomic mass is 16.3. The summed E-state index contributed by atoms with van der Waals surface area (Å²) in [5.74, 6) is 1.50. The molecule has 1 aliphatic carbocycles. The van der Waals surface area contributed by atoms with Gasteiger partial charge in [0.15, 0.2) is 0 Å². The fourth-order valence-electron chi connectivity index (χ4n) is 2.86. The van der Waals surface area contributed by atoms with Gasteiger partial charge in [-0.2, -0.15) is 0 Å². The van der Waals surface area contributed by atoms with Crippen molar-refractivity contribution in [3.8, 4) is 0 Å². The van der Waals surface area contributed by atoms with Crippen molar-refractivity contribution >= 4 is 0 Å². The predicted octanol–water partition coefficient (Wildman–Crippen LogP) is 2.95. The molecule has 1 rings (SSSR count). The van der Waals surface area contributed by atoms with E-state index in [1.165, 1.54) is 38.5 Å². The smallest absolute Gasteiger partial charge is 0.0434 e. The lowest BCUT2D eigenvalue weighted by Crippen LogP contribution is -2.39. The summed E-state index contributed by atoms with van der Waals surface area (Å²) in [6.45, 7) is 5.90. The molecule has 0 aliphatic heterocycles. The molecule has 1 saturated carbocycles. The van der Waals surface area contributed by atoms with Gasteiger partial charge in [0.25, 0.3) is 0 Å². The van der Waals surface area contributed by atoms with Crippen molar-refractivity contribution in [2.24, 2.45) is 11.8 Å².